The third kappa shape index (κ3) is 3.24. The van der Waals surface area contributed by atoms with Gasteiger partial charge in [-0.3, -0.25) is 9.59 Å². The molecule has 2 aromatic carbocycles. The highest BCUT2D eigenvalue weighted by Gasteiger charge is 2.58. The third-order valence-electron chi connectivity index (χ3n) is 5.84. The predicted molar refractivity (Wildman–Crippen MR) is 110 cm³/mol. The van der Waals surface area contributed by atoms with Gasteiger partial charge in [-0.15, -0.1) is 0 Å². The minimum Gasteiger partial charge on any atom is -0.374 e. The molecule has 0 saturated heterocycles. The molecule has 1 heterocycles. The van der Waals surface area contributed by atoms with Crippen LogP contribution in [0.5, 0.6) is 0 Å². The Balaban J connectivity index is 1.65. The summed E-state index contributed by atoms with van der Waals surface area (Å²) in [6.45, 7) is 4.13. The maximum absolute atomic E-state index is 13.1. The van der Waals surface area contributed by atoms with E-state index in [2.05, 4.69) is 29.8 Å². The van der Waals surface area contributed by atoms with Gasteiger partial charge in [0.05, 0.1) is 23.0 Å². The maximum atomic E-state index is 13.1. The molecule has 4 rings (SSSR count). The Bertz CT molecular complexity index is 898. The van der Waals surface area contributed by atoms with E-state index in [1.165, 1.54) is 0 Å². The van der Waals surface area contributed by atoms with Gasteiger partial charge in [-0.05, 0) is 36.0 Å². The fourth-order valence-electron chi connectivity index (χ4n) is 4.09. The molecule has 1 saturated carbocycles. The first-order valence-corrected chi connectivity index (χ1v) is 9.71. The number of carbonyl (C=O) groups is 2. The van der Waals surface area contributed by atoms with Crippen LogP contribution in [0.25, 0.3) is 0 Å². The summed E-state index contributed by atoms with van der Waals surface area (Å²) in [6.07, 6.45) is 0.647. The van der Waals surface area contributed by atoms with E-state index in [-0.39, 0.29) is 17.7 Å². The normalized spacial score (nSPS) is 28.6. The lowest BCUT2D eigenvalue weighted by molar-refractivity contribution is -0.128. The van der Waals surface area contributed by atoms with Crippen molar-refractivity contribution in [2.45, 2.75) is 37.9 Å². The molecule has 146 valence electrons. The number of rotatable bonds is 4. The monoisotopic (exact) mass is 378 g/mol. The van der Waals surface area contributed by atoms with Crippen LogP contribution in [0.15, 0.2) is 54.6 Å². The molecule has 4 atom stereocenters. The molecule has 2 aromatic rings. The molecule has 6 heteroatoms. The second-order valence-electron chi connectivity index (χ2n) is 8.11. The van der Waals surface area contributed by atoms with E-state index in [4.69, 9.17) is 5.73 Å². The van der Waals surface area contributed by atoms with E-state index in [1.807, 2.05) is 54.6 Å². The number of hydrogen-bond acceptors (Lipinski definition) is 4. The van der Waals surface area contributed by atoms with Gasteiger partial charge in [0, 0.05) is 0 Å². The molecule has 0 bridgehead atoms. The Morgan fingerprint density at radius 2 is 1.75 bits per heavy atom. The summed E-state index contributed by atoms with van der Waals surface area (Å²) in [5, 5.41) is 9.30. The average molecular weight is 378 g/mol. The number of amides is 2. The standard InChI is InChI=1S/C22H26N4O2/c1-13(2)15-12-22(15,23)21(28)26-19-18(14-8-4-3-5-9-14)24-16-10-6-7-11-17(16)25-20(19)27/h3-11,13,15,18-19,24H,12,23H2,1-2H3,(H,25,27)(H,26,28). The first-order valence-electron chi connectivity index (χ1n) is 9.71. The molecular weight excluding hydrogens is 352 g/mol. The Morgan fingerprint density at radius 3 is 2.39 bits per heavy atom. The Hall–Kier alpha value is -2.86. The summed E-state index contributed by atoms with van der Waals surface area (Å²) in [7, 11) is 0. The van der Waals surface area contributed by atoms with E-state index >= 15 is 0 Å². The summed E-state index contributed by atoms with van der Waals surface area (Å²) in [6, 6.07) is 16.0. The molecule has 1 fully saturated rings. The van der Waals surface area contributed by atoms with Crippen molar-refractivity contribution < 1.29 is 9.59 Å². The number of nitrogens with one attached hydrogen (secondary N) is 3. The number of anilines is 2. The van der Waals surface area contributed by atoms with Crippen molar-refractivity contribution in [3.8, 4) is 0 Å². The van der Waals surface area contributed by atoms with Gasteiger partial charge >= 0.3 is 0 Å². The van der Waals surface area contributed by atoms with E-state index in [0.717, 1.165) is 11.3 Å². The molecule has 1 aliphatic heterocycles. The smallest absolute Gasteiger partial charge is 0.249 e. The van der Waals surface area contributed by atoms with Gasteiger partial charge in [0.15, 0.2) is 0 Å². The molecule has 5 N–H and O–H groups in total. The summed E-state index contributed by atoms with van der Waals surface area (Å²) in [4.78, 5) is 26.0. The second-order valence-corrected chi connectivity index (χ2v) is 8.11. The number of hydrogen-bond donors (Lipinski definition) is 4. The number of fused-ring (bicyclic) bond motifs is 1. The van der Waals surface area contributed by atoms with Crippen LogP contribution in [0.2, 0.25) is 0 Å². The number of para-hydroxylation sites is 2. The van der Waals surface area contributed by atoms with Crippen molar-refractivity contribution in [2.75, 3.05) is 10.6 Å². The van der Waals surface area contributed by atoms with Gasteiger partial charge in [-0.1, -0.05) is 56.3 Å². The largest absolute Gasteiger partial charge is 0.374 e. The van der Waals surface area contributed by atoms with Crippen LogP contribution in [0.4, 0.5) is 11.4 Å². The Kier molecular flexibility index (Phi) is 4.59. The fourth-order valence-corrected chi connectivity index (χ4v) is 4.09. The van der Waals surface area contributed by atoms with Crippen LogP contribution in [-0.2, 0) is 9.59 Å². The number of nitrogens with two attached hydrogens (primary N) is 1. The van der Waals surface area contributed by atoms with Gasteiger partial charge in [0.1, 0.15) is 6.04 Å². The van der Waals surface area contributed by atoms with Gasteiger partial charge in [-0.25, -0.2) is 0 Å². The van der Waals surface area contributed by atoms with Crippen LogP contribution in [0, 0.1) is 11.8 Å². The van der Waals surface area contributed by atoms with Crippen molar-refractivity contribution in [3.63, 3.8) is 0 Å². The number of carbonyl (C=O) groups excluding carboxylic acids is 2. The molecule has 28 heavy (non-hydrogen) atoms. The van der Waals surface area contributed by atoms with Gasteiger partial charge < -0.3 is 21.7 Å². The lowest BCUT2D eigenvalue weighted by Crippen LogP contribution is -2.55. The van der Waals surface area contributed by atoms with Crippen molar-refractivity contribution in [2.24, 2.45) is 17.6 Å². The SMILES string of the molecule is CC(C)C1CC1(N)C(=O)NC1C(=O)Nc2ccccc2NC1c1ccccc1. The van der Waals surface area contributed by atoms with Crippen LogP contribution in [0.1, 0.15) is 31.9 Å². The molecular formula is C22H26N4O2. The highest BCUT2D eigenvalue weighted by Crippen LogP contribution is 2.46. The zero-order valence-electron chi connectivity index (χ0n) is 16.1. The summed E-state index contributed by atoms with van der Waals surface area (Å²) < 4.78 is 0. The van der Waals surface area contributed by atoms with E-state index in [0.29, 0.717) is 18.0 Å². The highest BCUT2D eigenvalue weighted by molar-refractivity contribution is 6.03. The molecule has 6 nitrogen and oxygen atoms in total. The molecule has 0 radical (unpaired) electrons. The maximum Gasteiger partial charge on any atom is 0.249 e. The van der Waals surface area contributed by atoms with Gasteiger partial charge in [0.25, 0.3) is 0 Å². The molecule has 2 amide bonds. The summed E-state index contributed by atoms with van der Waals surface area (Å²) in [5.41, 5.74) is 7.87. The van der Waals surface area contributed by atoms with Crippen molar-refractivity contribution in [1.82, 2.24) is 5.32 Å². The highest BCUT2D eigenvalue weighted by atomic mass is 16.2. The molecule has 4 unspecified atom stereocenters. The quantitative estimate of drug-likeness (QED) is 0.658. The van der Waals surface area contributed by atoms with Crippen molar-refractivity contribution >= 4 is 23.2 Å². The molecule has 0 spiro atoms. The van der Waals surface area contributed by atoms with Gasteiger partial charge in [0.2, 0.25) is 11.8 Å². The van der Waals surface area contributed by atoms with E-state index < -0.39 is 17.6 Å². The Morgan fingerprint density at radius 1 is 1.11 bits per heavy atom. The molecule has 1 aliphatic carbocycles. The first kappa shape index (κ1) is 18.5. The van der Waals surface area contributed by atoms with Crippen LogP contribution in [0.3, 0.4) is 0 Å². The third-order valence-corrected chi connectivity index (χ3v) is 5.84. The minimum absolute atomic E-state index is 0.140. The first-order chi connectivity index (χ1) is 13.4. The topological polar surface area (TPSA) is 96.2 Å². The molecule has 0 aromatic heterocycles. The van der Waals surface area contributed by atoms with Crippen LogP contribution in [-0.4, -0.2) is 23.4 Å². The van der Waals surface area contributed by atoms with E-state index in [1.54, 1.807) is 0 Å². The predicted octanol–water partition coefficient (Wildman–Crippen LogP) is 2.65. The lowest BCUT2D eigenvalue weighted by Gasteiger charge is -2.28. The van der Waals surface area contributed by atoms with Crippen LogP contribution < -0.4 is 21.7 Å². The van der Waals surface area contributed by atoms with Crippen molar-refractivity contribution in [3.05, 3.63) is 60.2 Å². The summed E-state index contributed by atoms with van der Waals surface area (Å²) in [5.74, 6) is -0.0577. The zero-order valence-corrected chi connectivity index (χ0v) is 16.1. The molecule has 2 aliphatic rings. The Labute approximate surface area is 164 Å². The zero-order chi connectivity index (χ0) is 19.9. The number of benzene rings is 2. The fraction of sp³-hybridized carbons (Fsp3) is 0.364. The van der Waals surface area contributed by atoms with Gasteiger partial charge in [-0.2, -0.15) is 0 Å². The van der Waals surface area contributed by atoms with E-state index in [9.17, 15) is 9.59 Å². The lowest BCUT2D eigenvalue weighted by atomic mass is 9.97. The minimum atomic E-state index is -0.894. The summed E-state index contributed by atoms with van der Waals surface area (Å²) >= 11 is 0. The average Bonchev–Trinajstić information content (AvgIpc) is 3.41. The van der Waals surface area contributed by atoms with Crippen molar-refractivity contribution in [1.29, 1.82) is 0 Å². The van der Waals surface area contributed by atoms with Crippen LogP contribution >= 0.6 is 0 Å². The second kappa shape index (κ2) is 6.95.